The summed E-state index contributed by atoms with van der Waals surface area (Å²) in [6.45, 7) is 0. The lowest BCUT2D eigenvalue weighted by atomic mass is 10.3. The van der Waals surface area contributed by atoms with Crippen LogP contribution < -0.4 is 5.73 Å². The molecule has 2 nitrogen and oxygen atoms in total. The molecular weight excluding hydrogens is 136 g/mol. The van der Waals surface area contributed by atoms with Crippen LogP contribution in [0.2, 0.25) is 0 Å². The van der Waals surface area contributed by atoms with Crippen molar-refractivity contribution in [2.45, 2.75) is 5.88 Å². The summed E-state index contributed by atoms with van der Waals surface area (Å²) in [5, 5.41) is 0. The largest absolute Gasteiger partial charge is 0.398 e. The summed E-state index contributed by atoms with van der Waals surface area (Å²) >= 11 is 5.51. The predicted molar refractivity (Wildman–Crippen MR) is 38.2 cm³/mol. The van der Waals surface area contributed by atoms with E-state index < -0.39 is 0 Å². The SMILES string of the molecule is Nc1ccncc1CCl. The Labute approximate surface area is 58.7 Å². The first-order valence-corrected chi connectivity index (χ1v) is 3.12. The van der Waals surface area contributed by atoms with Crippen molar-refractivity contribution < 1.29 is 0 Å². The van der Waals surface area contributed by atoms with E-state index in [1.54, 1.807) is 18.5 Å². The monoisotopic (exact) mass is 142 g/mol. The van der Waals surface area contributed by atoms with E-state index in [1.807, 2.05) is 0 Å². The molecule has 3 heteroatoms. The molecule has 0 aliphatic carbocycles. The van der Waals surface area contributed by atoms with Crippen molar-refractivity contribution in [3.05, 3.63) is 24.0 Å². The van der Waals surface area contributed by atoms with E-state index >= 15 is 0 Å². The minimum Gasteiger partial charge on any atom is -0.398 e. The molecule has 0 saturated heterocycles. The first-order valence-electron chi connectivity index (χ1n) is 2.59. The Morgan fingerprint density at radius 1 is 1.67 bits per heavy atom. The maximum absolute atomic E-state index is 5.51. The van der Waals surface area contributed by atoms with Crippen molar-refractivity contribution in [3.63, 3.8) is 0 Å². The summed E-state index contributed by atoms with van der Waals surface area (Å²) in [5.41, 5.74) is 7.10. The summed E-state index contributed by atoms with van der Waals surface area (Å²) in [6.07, 6.45) is 3.31. The van der Waals surface area contributed by atoms with Gasteiger partial charge in [0.05, 0.1) is 5.88 Å². The van der Waals surface area contributed by atoms with Crippen LogP contribution >= 0.6 is 11.6 Å². The Morgan fingerprint density at radius 3 is 2.89 bits per heavy atom. The van der Waals surface area contributed by atoms with Gasteiger partial charge in [-0.15, -0.1) is 11.6 Å². The number of anilines is 1. The van der Waals surface area contributed by atoms with E-state index in [4.69, 9.17) is 17.3 Å². The summed E-state index contributed by atoms with van der Waals surface area (Å²) < 4.78 is 0. The normalized spacial score (nSPS) is 9.44. The maximum atomic E-state index is 5.51. The second-order valence-corrected chi connectivity index (χ2v) is 1.98. The highest BCUT2D eigenvalue weighted by molar-refractivity contribution is 6.17. The molecular formula is C6H7ClN2. The molecule has 0 atom stereocenters. The van der Waals surface area contributed by atoms with Crippen LogP contribution in [0.1, 0.15) is 5.56 Å². The molecule has 2 N–H and O–H groups in total. The molecule has 9 heavy (non-hydrogen) atoms. The molecule has 0 spiro atoms. The molecule has 1 aromatic rings. The smallest absolute Gasteiger partial charge is 0.0509 e. The van der Waals surface area contributed by atoms with Crippen molar-refractivity contribution in [2.24, 2.45) is 0 Å². The molecule has 1 heterocycles. The van der Waals surface area contributed by atoms with Crippen LogP contribution in [0, 0.1) is 0 Å². The maximum Gasteiger partial charge on any atom is 0.0509 e. The lowest BCUT2D eigenvalue weighted by Gasteiger charge is -1.96. The first kappa shape index (κ1) is 6.36. The van der Waals surface area contributed by atoms with Crippen molar-refractivity contribution in [2.75, 3.05) is 5.73 Å². The number of halogens is 1. The Morgan fingerprint density at radius 2 is 2.44 bits per heavy atom. The van der Waals surface area contributed by atoms with Gasteiger partial charge in [0.25, 0.3) is 0 Å². The number of rotatable bonds is 1. The van der Waals surface area contributed by atoms with Crippen LogP contribution in [0.15, 0.2) is 18.5 Å². The van der Waals surface area contributed by atoms with Gasteiger partial charge in [0.2, 0.25) is 0 Å². The summed E-state index contributed by atoms with van der Waals surface area (Å²) in [5.74, 6) is 0.430. The fourth-order valence-electron chi connectivity index (χ4n) is 0.550. The summed E-state index contributed by atoms with van der Waals surface area (Å²) in [6, 6.07) is 1.73. The predicted octanol–water partition coefficient (Wildman–Crippen LogP) is 1.40. The van der Waals surface area contributed by atoms with Crippen molar-refractivity contribution >= 4 is 17.3 Å². The van der Waals surface area contributed by atoms with Crippen LogP contribution in [0.5, 0.6) is 0 Å². The van der Waals surface area contributed by atoms with Gasteiger partial charge in [-0.1, -0.05) is 0 Å². The highest BCUT2D eigenvalue weighted by Crippen LogP contribution is 2.10. The number of pyridine rings is 1. The number of nitrogen functional groups attached to an aromatic ring is 1. The zero-order valence-corrected chi connectivity index (χ0v) is 5.60. The molecule has 0 unspecified atom stereocenters. The number of nitrogens with two attached hydrogens (primary N) is 1. The topological polar surface area (TPSA) is 38.9 Å². The Balaban J connectivity index is 3.01. The van der Waals surface area contributed by atoms with Crippen molar-refractivity contribution in [1.29, 1.82) is 0 Å². The van der Waals surface area contributed by atoms with E-state index in [0.717, 1.165) is 5.56 Å². The zero-order chi connectivity index (χ0) is 6.69. The Hall–Kier alpha value is -0.760. The van der Waals surface area contributed by atoms with Gasteiger partial charge in [0.1, 0.15) is 0 Å². The molecule has 0 aliphatic heterocycles. The van der Waals surface area contributed by atoms with E-state index in [0.29, 0.717) is 11.6 Å². The Kier molecular flexibility index (Phi) is 1.90. The van der Waals surface area contributed by atoms with E-state index in [1.165, 1.54) is 0 Å². The first-order chi connectivity index (χ1) is 4.34. The molecule has 1 aromatic heterocycles. The minimum atomic E-state index is 0.430. The molecule has 0 aliphatic rings. The Bertz CT molecular complexity index is 200. The van der Waals surface area contributed by atoms with Gasteiger partial charge in [0, 0.05) is 23.6 Å². The average Bonchev–Trinajstić information content (AvgIpc) is 1.89. The number of hydrogen-bond donors (Lipinski definition) is 1. The summed E-state index contributed by atoms with van der Waals surface area (Å²) in [4.78, 5) is 3.85. The third kappa shape index (κ3) is 1.33. The molecule has 1 rings (SSSR count). The van der Waals surface area contributed by atoms with Gasteiger partial charge in [-0.3, -0.25) is 4.98 Å². The van der Waals surface area contributed by atoms with Crippen molar-refractivity contribution in [1.82, 2.24) is 4.98 Å². The number of nitrogens with zero attached hydrogens (tertiary/aromatic N) is 1. The molecule has 0 amide bonds. The molecule has 0 radical (unpaired) electrons. The quantitative estimate of drug-likeness (QED) is 0.602. The van der Waals surface area contributed by atoms with Crippen LogP contribution in [-0.2, 0) is 5.88 Å². The van der Waals surface area contributed by atoms with Crippen LogP contribution in [0.4, 0.5) is 5.69 Å². The van der Waals surface area contributed by atoms with E-state index in [9.17, 15) is 0 Å². The third-order valence-corrected chi connectivity index (χ3v) is 1.37. The van der Waals surface area contributed by atoms with Gasteiger partial charge < -0.3 is 5.73 Å². The molecule has 48 valence electrons. The number of alkyl halides is 1. The van der Waals surface area contributed by atoms with Gasteiger partial charge in [-0.05, 0) is 6.07 Å². The number of hydrogen-bond acceptors (Lipinski definition) is 2. The lowest BCUT2D eigenvalue weighted by molar-refractivity contribution is 1.25. The van der Waals surface area contributed by atoms with Gasteiger partial charge in [-0.2, -0.15) is 0 Å². The van der Waals surface area contributed by atoms with E-state index in [-0.39, 0.29) is 0 Å². The molecule has 0 bridgehead atoms. The van der Waals surface area contributed by atoms with Gasteiger partial charge in [0.15, 0.2) is 0 Å². The summed E-state index contributed by atoms with van der Waals surface area (Å²) in [7, 11) is 0. The molecule has 0 saturated carbocycles. The highest BCUT2D eigenvalue weighted by Gasteiger charge is 1.92. The fourth-order valence-corrected chi connectivity index (χ4v) is 0.773. The molecule has 0 fully saturated rings. The molecule has 0 aromatic carbocycles. The van der Waals surface area contributed by atoms with Crippen LogP contribution in [-0.4, -0.2) is 4.98 Å². The van der Waals surface area contributed by atoms with Crippen LogP contribution in [0.3, 0.4) is 0 Å². The average molecular weight is 143 g/mol. The number of aromatic nitrogens is 1. The highest BCUT2D eigenvalue weighted by atomic mass is 35.5. The van der Waals surface area contributed by atoms with E-state index in [2.05, 4.69) is 4.98 Å². The van der Waals surface area contributed by atoms with Gasteiger partial charge in [-0.25, -0.2) is 0 Å². The zero-order valence-electron chi connectivity index (χ0n) is 4.84. The van der Waals surface area contributed by atoms with Crippen molar-refractivity contribution in [3.8, 4) is 0 Å². The second-order valence-electron chi connectivity index (χ2n) is 1.71. The third-order valence-electron chi connectivity index (χ3n) is 1.09. The van der Waals surface area contributed by atoms with Crippen LogP contribution in [0.25, 0.3) is 0 Å². The van der Waals surface area contributed by atoms with Gasteiger partial charge >= 0.3 is 0 Å². The standard InChI is InChI=1S/C6H7ClN2/c7-3-5-4-9-2-1-6(5)8/h1-2,4H,3H2,(H2,8,9). The minimum absolute atomic E-state index is 0.430. The second kappa shape index (κ2) is 2.69. The fraction of sp³-hybridized carbons (Fsp3) is 0.167. The lowest BCUT2D eigenvalue weighted by Crippen LogP contribution is -1.91.